The maximum absolute atomic E-state index is 13.8. The zero-order valence-electron chi connectivity index (χ0n) is 17.6. The van der Waals surface area contributed by atoms with Crippen LogP contribution in [-0.2, 0) is 16.1 Å². The van der Waals surface area contributed by atoms with Crippen LogP contribution in [0, 0.1) is 12.7 Å². The fourth-order valence-corrected chi connectivity index (χ4v) is 3.73. The van der Waals surface area contributed by atoms with Crippen molar-refractivity contribution in [3.63, 3.8) is 0 Å². The summed E-state index contributed by atoms with van der Waals surface area (Å²) in [5.74, 6) is -1.04. The summed E-state index contributed by atoms with van der Waals surface area (Å²) < 4.78 is 19.3. The minimum Gasteiger partial charge on any atom is -0.481 e. The normalized spacial score (nSPS) is 14.9. The second-order valence-electron chi connectivity index (χ2n) is 7.83. The van der Waals surface area contributed by atoms with Crippen LogP contribution in [0.2, 0.25) is 0 Å². The average molecular weight is 413 g/mol. The highest BCUT2D eigenvalue weighted by Gasteiger charge is 2.29. The summed E-state index contributed by atoms with van der Waals surface area (Å²) in [4.78, 5) is 27.4. The molecular formula is C24H29FN2O3. The van der Waals surface area contributed by atoms with Crippen LogP contribution in [0.25, 0.3) is 0 Å². The lowest BCUT2D eigenvalue weighted by atomic mass is 10.1. The van der Waals surface area contributed by atoms with Gasteiger partial charge in [-0.2, -0.15) is 0 Å². The lowest BCUT2D eigenvalue weighted by Gasteiger charge is -2.30. The molecule has 2 amide bonds. The van der Waals surface area contributed by atoms with Crippen molar-refractivity contribution in [2.24, 2.45) is 0 Å². The molecule has 0 bridgehead atoms. The van der Waals surface area contributed by atoms with Crippen molar-refractivity contribution in [3.8, 4) is 5.75 Å². The van der Waals surface area contributed by atoms with E-state index in [2.05, 4.69) is 5.32 Å². The van der Waals surface area contributed by atoms with Gasteiger partial charge in [-0.3, -0.25) is 9.59 Å². The zero-order chi connectivity index (χ0) is 21.5. The number of carbonyl (C=O) groups is 2. The highest BCUT2D eigenvalue weighted by molar-refractivity contribution is 5.88. The van der Waals surface area contributed by atoms with Crippen molar-refractivity contribution in [3.05, 3.63) is 65.5 Å². The van der Waals surface area contributed by atoms with E-state index < -0.39 is 11.9 Å². The van der Waals surface area contributed by atoms with Crippen molar-refractivity contribution in [1.82, 2.24) is 10.2 Å². The Morgan fingerprint density at radius 3 is 2.50 bits per heavy atom. The summed E-state index contributed by atoms with van der Waals surface area (Å²) in [5.41, 5.74) is 1.99. The van der Waals surface area contributed by atoms with Crippen molar-refractivity contribution in [1.29, 1.82) is 0 Å². The molecule has 0 aliphatic heterocycles. The van der Waals surface area contributed by atoms with Gasteiger partial charge in [0.2, 0.25) is 5.91 Å². The predicted molar refractivity (Wildman–Crippen MR) is 113 cm³/mol. The maximum Gasteiger partial charge on any atom is 0.261 e. The van der Waals surface area contributed by atoms with Gasteiger partial charge in [0.1, 0.15) is 6.04 Å². The largest absolute Gasteiger partial charge is 0.481 e. The van der Waals surface area contributed by atoms with Crippen LogP contribution in [0.5, 0.6) is 5.75 Å². The van der Waals surface area contributed by atoms with Gasteiger partial charge in [0, 0.05) is 12.6 Å². The summed E-state index contributed by atoms with van der Waals surface area (Å²) in [6.07, 6.45) is 4.17. The third-order valence-electron chi connectivity index (χ3n) is 5.66. The number of carbonyl (C=O) groups excluding carboxylic acids is 2. The molecule has 30 heavy (non-hydrogen) atoms. The first-order valence-electron chi connectivity index (χ1n) is 10.5. The fraction of sp³-hybridized carbons (Fsp3) is 0.417. The van der Waals surface area contributed by atoms with Gasteiger partial charge in [0.05, 0.1) is 0 Å². The standard InChI is InChI=1S/C24H29FN2O3/c1-17-9-3-4-10-19(17)15-27(18(2)24(29)26-20-11-5-6-12-20)23(28)16-30-22-14-8-7-13-21(22)25/h3-4,7-10,13-14,18,20H,5-6,11-12,15-16H2,1-2H3,(H,26,29)/t18-/m0/s1. The quantitative estimate of drug-likeness (QED) is 0.713. The van der Waals surface area contributed by atoms with E-state index >= 15 is 0 Å². The van der Waals surface area contributed by atoms with Crippen LogP contribution in [0.1, 0.15) is 43.7 Å². The van der Waals surface area contributed by atoms with Gasteiger partial charge in [0.25, 0.3) is 5.91 Å². The molecule has 2 aromatic rings. The number of para-hydroxylation sites is 1. The number of rotatable bonds is 8. The molecule has 0 saturated heterocycles. The van der Waals surface area contributed by atoms with E-state index in [1.54, 1.807) is 19.1 Å². The Kier molecular flexibility index (Phi) is 7.44. The first-order valence-corrected chi connectivity index (χ1v) is 10.5. The van der Waals surface area contributed by atoms with Crippen molar-refractivity contribution >= 4 is 11.8 Å². The van der Waals surface area contributed by atoms with E-state index in [-0.39, 0.29) is 36.8 Å². The Bertz CT molecular complexity index is 880. The van der Waals surface area contributed by atoms with Crippen LogP contribution in [0.15, 0.2) is 48.5 Å². The smallest absolute Gasteiger partial charge is 0.261 e. The van der Waals surface area contributed by atoms with Gasteiger partial charge in [0.15, 0.2) is 18.2 Å². The number of amides is 2. The highest BCUT2D eigenvalue weighted by Crippen LogP contribution is 2.20. The van der Waals surface area contributed by atoms with Crippen molar-refractivity contribution < 1.29 is 18.7 Å². The van der Waals surface area contributed by atoms with Crippen molar-refractivity contribution in [2.75, 3.05) is 6.61 Å². The number of nitrogens with zero attached hydrogens (tertiary/aromatic N) is 1. The van der Waals surface area contributed by atoms with Gasteiger partial charge in [-0.15, -0.1) is 0 Å². The first-order chi connectivity index (χ1) is 14.5. The molecule has 1 atom stereocenters. The molecule has 160 valence electrons. The summed E-state index contributed by atoms with van der Waals surface area (Å²) in [5, 5.41) is 3.06. The number of benzene rings is 2. The molecule has 0 aromatic heterocycles. The molecular weight excluding hydrogens is 383 g/mol. The summed E-state index contributed by atoms with van der Waals surface area (Å²) in [6.45, 7) is 3.64. The molecule has 0 heterocycles. The number of ether oxygens (including phenoxy) is 1. The minimum atomic E-state index is -0.665. The molecule has 1 N–H and O–H groups in total. The van der Waals surface area contributed by atoms with Gasteiger partial charge in [-0.1, -0.05) is 49.2 Å². The van der Waals surface area contributed by atoms with Gasteiger partial charge in [-0.25, -0.2) is 4.39 Å². The number of aryl methyl sites for hydroxylation is 1. The van der Waals surface area contributed by atoms with E-state index in [1.165, 1.54) is 17.0 Å². The Labute approximate surface area is 177 Å². The van der Waals surface area contributed by atoms with Gasteiger partial charge >= 0.3 is 0 Å². The third kappa shape index (κ3) is 5.59. The molecule has 6 heteroatoms. The molecule has 1 fully saturated rings. The first kappa shape index (κ1) is 21.8. The Balaban J connectivity index is 1.73. The molecule has 1 saturated carbocycles. The van der Waals surface area contributed by atoms with Crippen LogP contribution in [0.4, 0.5) is 4.39 Å². The molecule has 0 unspecified atom stereocenters. The predicted octanol–water partition coefficient (Wildman–Crippen LogP) is 3.99. The Hall–Kier alpha value is -2.89. The van der Waals surface area contributed by atoms with Crippen LogP contribution < -0.4 is 10.1 Å². The topological polar surface area (TPSA) is 58.6 Å². The van der Waals surface area contributed by atoms with E-state index in [1.807, 2.05) is 31.2 Å². The lowest BCUT2D eigenvalue weighted by molar-refractivity contribution is -0.142. The molecule has 3 rings (SSSR count). The summed E-state index contributed by atoms with van der Waals surface area (Å²) in [6, 6.07) is 13.2. The second kappa shape index (κ2) is 10.2. The Morgan fingerprint density at radius 1 is 1.13 bits per heavy atom. The zero-order valence-corrected chi connectivity index (χ0v) is 17.6. The molecule has 0 spiro atoms. The van der Waals surface area contributed by atoms with Crippen molar-refractivity contribution in [2.45, 2.75) is 58.2 Å². The molecule has 0 radical (unpaired) electrons. The van der Waals surface area contributed by atoms with E-state index in [4.69, 9.17) is 4.74 Å². The van der Waals surface area contributed by atoms with E-state index in [9.17, 15) is 14.0 Å². The number of halogens is 1. The lowest BCUT2D eigenvalue weighted by Crippen LogP contribution is -2.50. The monoisotopic (exact) mass is 412 g/mol. The third-order valence-corrected chi connectivity index (χ3v) is 5.66. The number of hydrogen-bond donors (Lipinski definition) is 1. The SMILES string of the molecule is Cc1ccccc1CN(C(=O)COc1ccccc1F)[C@@H](C)C(=O)NC1CCCC1. The fourth-order valence-electron chi connectivity index (χ4n) is 3.73. The molecule has 2 aromatic carbocycles. The molecule has 5 nitrogen and oxygen atoms in total. The molecule has 1 aliphatic rings. The minimum absolute atomic E-state index is 0.0183. The van der Waals surface area contributed by atoms with E-state index in [0.29, 0.717) is 0 Å². The van der Waals surface area contributed by atoms with Crippen LogP contribution in [-0.4, -0.2) is 35.4 Å². The summed E-state index contributed by atoms with van der Waals surface area (Å²) >= 11 is 0. The Morgan fingerprint density at radius 2 is 1.80 bits per heavy atom. The number of hydrogen-bond acceptors (Lipinski definition) is 3. The van der Waals surface area contributed by atoms with E-state index in [0.717, 1.165) is 36.8 Å². The highest BCUT2D eigenvalue weighted by atomic mass is 19.1. The second-order valence-corrected chi connectivity index (χ2v) is 7.83. The summed E-state index contributed by atoms with van der Waals surface area (Å²) in [7, 11) is 0. The van der Waals surface area contributed by atoms with Gasteiger partial charge < -0.3 is 15.0 Å². The van der Waals surface area contributed by atoms with Gasteiger partial charge in [-0.05, 0) is 49.9 Å². The maximum atomic E-state index is 13.8. The van der Waals surface area contributed by atoms with Crippen LogP contribution in [0.3, 0.4) is 0 Å². The van der Waals surface area contributed by atoms with Crippen LogP contribution >= 0.6 is 0 Å². The average Bonchev–Trinajstić information content (AvgIpc) is 3.25. The number of nitrogens with one attached hydrogen (secondary N) is 1. The molecule has 1 aliphatic carbocycles.